The monoisotopic (exact) mass is 377 g/mol. The summed E-state index contributed by atoms with van der Waals surface area (Å²) in [4.78, 5) is 27.3. The minimum Gasteiger partial charge on any atom is -0.350 e. The lowest BCUT2D eigenvalue weighted by molar-refractivity contribution is 0.0940. The summed E-state index contributed by atoms with van der Waals surface area (Å²) in [6.07, 6.45) is 2.45. The summed E-state index contributed by atoms with van der Waals surface area (Å²) in [5.41, 5.74) is 0.219. The summed E-state index contributed by atoms with van der Waals surface area (Å²) < 4.78 is 27.1. The van der Waals surface area contributed by atoms with Crippen LogP contribution in [0.4, 0.5) is 0 Å². The van der Waals surface area contributed by atoms with Gasteiger partial charge in [-0.25, -0.2) is 8.42 Å². The number of fused-ring (bicyclic) bond motifs is 1. The maximum absolute atomic E-state index is 12.8. The Balaban J connectivity index is 2.10. The van der Waals surface area contributed by atoms with Crippen LogP contribution in [0, 0.1) is 0 Å². The van der Waals surface area contributed by atoms with Gasteiger partial charge in [0.1, 0.15) is 0 Å². The van der Waals surface area contributed by atoms with Crippen molar-refractivity contribution in [3.63, 3.8) is 0 Å². The number of H-pyrrole nitrogens is 1. The van der Waals surface area contributed by atoms with Gasteiger partial charge in [0.15, 0.2) is 0 Å². The fourth-order valence-electron chi connectivity index (χ4n) is 3.06. The zero-order valence-electron chi connectivity index (χ0n) is 14.9. The van der Waals surface area contributed by atoms with Crippen LogP contribution in [0.15, 0.2) is 34.0 Å². The smallest absolute Gasteiger partial charge is 0.252 e. The van der Waals surface area contributed by atoms with Gasteiger partial charge in [0.25, 0.3) is 5.91 Å². The van der Waals surface area contributed by atoms with Gasteiger partial charge >= 0.3 is 0 Å². The minimum absolute atomic E-state index is 0.0478. The first-order chi connectivity index (χ1) is 12.3. The Morgan fingerprint density at radius 1 is 1.27 bits per heavy atom. The molecule has 0 radical (unpaired) electrons. The number of aromatic nitrogens is 1. The molecule has 1 saturated heterocycles. The summed E-state index contributed by atoms with van der Waals surface area (Å²) in [5, 5.41) is 3.25. The van der Waals surface area contributed by atoms with Crippen molar-refractivity contribution in [2.75, 3.05) is 13.1 Å². The van der Waals surface area contributed by atoms with Gasteiger partial charge in [-0.1, -0.05) is 6.92 Å². The normalized spacial score (nSPS) is 16.7. The molecule has 0 aliphatic carbocycles. The first kappa shape index (κ1) is 18.6. The number of carbonyl (C=O) groups is 1. The molecule has 1 fully saturated rings. The lowest BCUT2D eigenvalue weighted by Crippen LogP contribution is -2.33. The number of benzene rings is 1. The summed E-state index contributed by atoms with van der Waals surface area (Å²) >= 11 is 0. The van der Waals surface area contributed by atoms with Crippen LogP contribution in [0.3, 0.4) is 0 Å². The third kappa shape index (κ3) is 3.52. The van der Waals surface area contributed by atoms with Gasteiger partial charge in [-0.05, 0) is 44.4 Å². The molecule has 2 heterocycles. The van der Waals surface area contributed by atoms with E-state index >= 15 is 0 Å². The molecular weight excluding hydrogens is 354 g/mol. The van der Waals surface area contributed by atoms with E-state index < -0.39 is 15.6 Å². The van der Waals surface area contributed by atoms with Gasteiger partial charge in [-0.2, -0.15) is 4.31 Å². The molecule has 0 spiro atoms. The Morgan fingerprint density at radius 2 is 1.96 bits per heavy atom. The molecule has 1 aliphatic heterocycles. The lowest BCUT2D eigenvalue weighted by atomic mass is 10.1. The van der Waals surface area contributed by atoms with Crippen LogP contribution >= 0.6 is 0 Å². The molecular formula is C18H23N3O4S. The Kier molecular flexibility index (Phi) is 5.15. The molecule has 26 heavy (non-hydrogen) atoms. The van der Waals surface area contributed by atoms with Crippen molar-refractivity contribution in [3.8, 4) is 0 Å². The maximum Gasteiger partial charge on any atom is 0.252 e. The van der Waals surface area contributed by atoms with E-state index in [0.717, 1.165) is 19.3 Å². The van der Waals surface area contributed by atoms with Crippen LogP contribution in [0.1, 0.15) is 43.5 Å². The SMILES string of the molecule is CC[C@@H](C)NC(=O)c1cc(=O)[nH]c2ccc(S(=O)(=O)N3CCCC3)cc12. The Morgan fingerprint density at radius 3 is 2.62 bits per heavy atom. The Labute approximate surface area is 152 Å². The van der Waals surface area contributed by atoms with Crippen molar-refractivity contribution < 1.29 is 13.2 Å². The van der Waals surface area contributed by atoms with Crippen molar-refractivity contribution >= 4 is 26.8 Å². The Bertz CT molecular complexity index is 991. The predicted octanol–water partition coefficient (Wildman–Crippen LogP) is 1.84. The number of amides is 1. The molecule has 1 aromatic heterocycles. The van der Waals surface area contributed by atoms with E-state index in [1.54, 1.807) is 6.07 Å². The average Bonchev–Trinajstić information content (AvgIpc) is 3.15. The summed E-state index contributed by atoms with van der Waals surface area (Å²) in [6.45, 7) is 4.83. The molecule has 1 aromatic carbocycles. The summed E-state index contributed by atoms with van der Waals surface area (Å²) in [5.74, 6) is -0.383. The number of sulfonamides is 1. The summed E-state index contributed by atoms with van der Waals surface area (Å²) in [7, 11) is -3.60. The number of pyridine rings is 1. The topological polar surface area (TPSA) is 99.3 Å². The molecule has 8 heteroatoms. The van der Waals surface area contributed by atoms with Crippen LogP contribution in [0.2, 0.25) is 0 Å². The number of nitrogens with one attached hydrogen (secondary N) is 2. The van der Waals surface area contributed by atoms with Crippen molar-refractivity contribution in [1.82, 2.24) is 14.6 Å². The van der Waals surface area contributed by atoms with E-state index in [4.69, 9.17) is 0 Å². The second kappa shape index (κ2) is 7.20. The van der Waals surface area contributed by atoms with Gasteiger partial charge in [-0.3, -0.25) is 9.59 Å². The average molecular weight is 377 g/mol. The molecule has 1 amide bonds. The highest BCUT2D eigenvalue weighted by Gasteiger charge is 2.27. The highest BCUT2D eigenvalue weighted by Crippen LogP contribution is 2.25. The van der Waals surface area contributed by atoms with E-state index in [1.807, 2.05) is 13.8 Å². The Hall–Kier alpha value is -2.19. The predicted molar refractivity (Wildman–Crippen MR) is 99.8 cm³/mol. The minimum atomic E-state index is -3.60. The number of carbonyl (C=O) groups excluding carboxylic acids is 1. The molecule has 3 rings (SSSR count). The lowest BCUT2D eigenvalue weighted by Gasteiger charge is -2.17. The highest BCUT2D eigenvalue weighted by atomic mass is 32.2. The number of hydrogen-bond acceptors (Lipinski definition) is 4. The quantitative estimate of drug-likeness (QED) is 0.830. The van der Waals surface area contributed by atoms with E-state index in [-0.39, 0.29) is 22.4 Å². The largest absolute Gasteiger partial charge is 0.350 e. The number of nitrogens with zero attached hydrogens (tertiary/aromatic N) is 1. The third-order valence-corrected chi connectivity index (χ3v) is 6.65. The van der Waals surface area contributed by atoms with Crippen LogP contribution < -0.4 is 10.9 Å². The zero-order valence-corrected chi connectivity index (χ0v) is 15.7. The van der Waals surface area contributed by atoms with Crippen LogP contribution in [-0.2, 0) is 10.0 Å². The van der Waals surface area contributed by atoms with E-state index in [9.17, 15) is 18.0 Å². The standard InChI is InChI=1S/C18H23N3O4S/c1-3-12(2)19-18(23)15-11-17(22)20-16-7-6-13(10-14(15)16)26(24,25)21-8-4-5-9-21/h6-7,10-12H,3-5,8-9H2,1-2H3,(H,19,23)(H,20,22)/t12-/m1/s1. The number of rotatable bonds is 5. The second-order valence-corrected chi connectivity index (χ2v) is 8.59. The number of aromatic amines is 1. The van der Waals surface area contributed by atoms with Gasteiger partial charge in [0.05, 0.1) is 10.5 Å². The van der Waals surface area contributed by atoms with Crippen molar-refractivity contribution in [2.45, 2.75) is 44.0 Å². The fraction of sp³-hybridized carbons (Fsp3) is 0.444. The molecule has 0 unspecified atom stereocenters. The van der Waals surface area contributed by atoms with Crippen LogP contribution in [0.25, 0.3) is 10.9 Å². The van der Waals surface area contributed by atoms with Gasteiger partial charge < -0.3 is 10.3 Å². The van der Waals surface area contributed by atoms with E-state index in [0.29, 0.717) is 24.0 Å². The van der Waals surface area contributed by atoms with E-state index in [1.165, 1.54) is 22.5 Å². The van der Waals surface area contributed by atoms with Gasteiger partial charge in [0, 0.05) is 36.1 Å². The fourth-order valence-corrected chi connectivity index (χ4v) is 4.61. The third-order valence-electron chi connectivity index (χ3n) is 4.75. The van der Waals surface area contributed by atoms with Crippen LogP contribution in [0.5, 0.6) is 0 Å². The van der Waals surface area contributed by atoms with Gasteiger partial charge in [0.2, 0.25) is 15.6 Å². The first-order valence-electron chi connectivity index (χ1n) is 8.81. The van der Waals surface area contributed by atoms with Crippen molar-refractivity contribution in [3.05, 3.63) is 40.2 Å². The molecule has 0 bridgehead atoms. The van der Waals surface area contributed by atoms with Crippen molar-refractivity contribution in [1.29, 1.82) is 0 Å². The molecule has 2 aromatic rings. The van der Waals surface area contributed by atoms with Gasteiger partial charge in [-0.15, -0.1) is 0 Å². The molecule has 0 saturated carbocycles. The maximum atomic E-state index is 12.8. The van der Waals surface area contributed by atoms with Crippen LogP contribution in [-0.4, -0.2) is 42.7 Å². The van der Waals surface area contributed by atoms with Crippen molar-refractivity contribution in [2.24, 2.45) is 0 Å². The van der Waals surface area contributed by atoms with E-state index in [2.05, 4.69) is 10.3 Å². The molecule has 2 N–H and O–H groups in total. The molecule has 1 aliphatic rings. The first-order valence-corrected chi connectivity index (χ1v) is 10.2. The zero-order chi connectivity index (χ0) is 18.9. The molecule has 140 valence electrons. The highest BCUT2D eigenvalue weighted by molar-refractivity contribution is 7.89. The molecule has 1 atom stereocenters. The summed E-state index contributed by atoms with van der Waals surface area (Å²) in [6, 6.07) is 5.66. The number of hydrogen-bond donors (Lipinski definition) is 2. The molecule has 7 nitrogen and oxygen atoms in total. The second-order valence-electron chi connectivity index (χ2n) is 6.65.